The van der Waals surface area contributed by atoms with E-state index in [1.807, 2.05) is 32.0 Å². The van der Waals surface area contributed by atoms with Crippen LogP contribution in [0.4, 0.5) is 4.79 Å². The third kappa shape index (κ3) is 4.34. The van der Waals surface area contributed by atoms with Crippen LogP contribution in [0.2, 0.25) is 0 Å². The third-order valence-corrected chi connectivity index (χ3v) is 2.45. The van der Waals surface area contributed by atoms with Crippen molar-refractivity contribution >= 4 is 6.03 Å². The molecular formula is C13H20N2O2. The molecular weight excluding hydrogens is 216 g/mol. The number of hydrogen-bond acceptors (Lipinski definition) is 2. The minimum atomic E-state index is -0.125. The van der Waals surface area contributed by atoms with Crippen molar-refractivity contribution in [1.82, 2.24) is 10.6 Å². The Balaban J connectivity index is 2.47. The van der Waals surface area contributed by atoms with Crippen LogP contribution in [0, 0.1) is 6.92 Å². The molecule has 4 heteroatoms. The number of nitrogens with one attached hydrogen (secondary N) is 2. The van der Waals surface area contributed by atoms with Crippen LogP contribution in [0.15, 0.2) is 18.2 Å². The number of amides is 2. The van der Waals surface area contributed by atoms with Crippen molar-refractivity contribution in [2.45, 2.75) is 26.8 Å². The van der Waals surface area contributed by atoms with Gasteiger partial charge >= 0.3 is 6.03 Å². The normalized spacial score (nSPS) is 9.82. The van der Waals surface area contributed by atoms with Crippen molar-refractivity contribution in [3.63, 3.8) is 0 Å². The molecule has 1 aromatic carbocycles. The van der Waals surface area contributed by atoms with Gasteiger partial charge in [0.25, 0.3) is 0 Å². The summed E-state index contributed by atoms with van der Waals surface area (Å²) < 4.78 is 5.18. The van der Waals surface area contributed by atoms with Gasteiger partial charge in [-0.05, 0) is 30.5 Å². The molecule has 2 N–H and O–H groups in total. The zero-order valence-corrected chi connectivity index (χ0v) is 10.7. The number of carbonyl (C=O) groups excluding carboxylic acids is 1. The molecule has 0 saturated carbocycles. The van der Waals surface area contributed by atoms with Gasteiger partial charge in [-0.2, -0.15) is 0 Å². The SMILES string of the molecule is CCCNC(=O)NCc1ccc(OC)c(C)c1. The molecule has 17 heavy (non-hydrogen) atoms. The first-order valence-electron chi connectivity index (χ1n) is 5.82. The number of ether oxygens (including phenoxy) is 1. The Bertz CT molecular complexity index is 378. The molecule has 0 unspecified atom stereocenters. The van der Waals surface area contributed by atoms with Crippen LogP contribution < -0.4 is 15.4 Å². The fraction of sp³-hybridized carbons (Fsp3) is 0.462. The zero-order chi connectivity index (χ0) is 12.7. The Hall–Kier alpha value is -1.71. The summed E-state index contributed by atoms with van der Waals surface area (Å²) in [5.74, 6) is 0.865. The van der Waals surface area contributed by atoms with Crippen molar-refractivity contribution in [3.05, 3.63) is 29.3 Å². The van der Waals surface area contributed by atoms with E-state index in [0.717, 1.165) is 23.3 Å². The van der Waals surface area contributed by atoms with Crippen molar-refractivity contribution < 1.29 is 9.53 Å². The Kier molecular flexibility index (Phi) is 5.33. The number of hydrogen-bond donors (Lipinski definition) is 2. The van der Waals surface area contributed by atoms with Crippen molar-refractivity contribution in [2.24, 2.45) is 0 Å². The number of aryl methyl sites for hydroxylation is 1. The summed E-state index contributed by atoms with van der Waals surface area (Å²) in [5.41, 5.74) is 2.13. The second kappa shape index (κ2) is 6.78. The molecule has 0 saturated heterocycles. The molecule has 1 aromatic rings. The molecule has 0 aromatic heterocycles. The van der Waals surface area contributed by atoms with E-state index in [0.29, 0.717) is 13.1 Å². The highest BCUT2D eigenvalue weighted by atomic mass is 16.5. The molecule has 0 heterocycles. The summed E-state index contributed by atoms with van der Waals surface area (Å²) in [5, 5.41) is 5.57. The predicted molar refractivity (Wildman–Crippen MR) is 68.3 cm³/mol. The highest BCUT2D eigenvalue weighted by Gasteiger charge is 2.02. The summed E-state index contributed by atoms with van der Waals surface area (Å²) in [4.78, 5) is 11.3. The second-order valence-corrected chi connectivity index (χ2v) is 3.91. The van der Waals surface area contributed by atoms with Crippen LogP contribution in [0.25, 0.3) is 0 Å². The largest absolute Gasteiger partial charge is 0.496 e. The number of rotatable bonds is 5. The predicted octanol–water partition coefficient (Wildman–Crippen LogP) is 2.21. The lowest BCUT2D eigenvalue weighted by Gasteiger charge is -2.09. The maximum absolute atomic E-state index is 11.3. The Morgan fingerprint density at radius 3 is 2.71 bits per heavy atom. The lowest BCUT2D eigenvalue weighted by atomic mass is 10.1. The fourth-order valence-corrected chi connectivity index (χ4v) is 1.53. The average molecular weight is 236 g/mol. The van der Waals surface area contributed by atoms with Crippen molar-refractivity contribution in [3.8, 4) is 5.75 Å². The minimum Gasteiger partial charge on any atom is -0.496 e. The Morgan fingerprint density at radius 2 is 2.12 bits per heavy atom. The lowest BCUT2D eigenvalue weighted by molar-refractivity contribution is 0.240. The highest BCUT2D eigenvalue weighted by molar-refractivity contribution is 5.73. The van der Waals surface area contributed by atoms with Crippen LogP contribution >= 0.6 is 0 Å². The molecule has 1 rings (SSSR count). The molecule has 94 valence electrons. The smallest absolute Gasteiger partial charge is 0.315 e. The van der Waals surface area contributed by atoms with Gasteiger partial charge in [-0.15, -0.1) is 0 Å². The summed E-state index contributed by atoms with van der Waals surface area (Å²) >= 11 is 0. The van der Waals surface area contributed by atoms with E-state index in [2.05, 4.69) is 10.6 Å². The average Bonchev–Trinajstić information content (AvgIpc) is 2.34. The van der Waals surface area contributed by atoms with Gasteiger partial charge in [0.1, 0.15) is 5.75 Å². The highest BCUT2D eigenvalue weighted by Crippen LogP contribution is 2.18. The van der Waals surface area contributed by atoms with Crippen LogP contribution in [-0.2, 0) is 6.54 Å². The van der Waals surface area contributed by atoms with E-state index in [4.69, 9.17) is 4.74 Å². The second-order valence-electron chi connectivity index (χ2n) is 3.91. The molecule has 0 bridgehead atoms. The first kappa shape index (κ1) is 13.4. The summed E-state index contributed by atoms with van der Waals surface area (Å²) in [6.07, 6.45) is 0.940. The monoisotopic (exact) mass is 236 g/mol. The van der Waals surface area contributed by atoms with Gasteiger partial charge in [-0.1, -0.05) is 19.1 Å². The number of urea groups is 1. The number of benzene rings is 1. The van der Waals surface area contributed by atoms with Crippen LogP contribution in [-0.4, -0.2) is 19.7 Å². The number of carbonyl (C=O) groups is 1. The van der Waals surface area contributed by atoms with E-state index >= 15 is 0 Å². The van der Waals surface area contributed by atoms with Crippen LogP contribution in [0.1, 0.15) is 24.5 Å². The number of methoxy groups -OCH3 is 1. The molecule has 0 aliphatic carbocycles. The van der Waals surface area contributed by atoms with Gasteiger partial charge in [-0.25, -0.2) is 4.79 Å². The summed E-state index contributed by atoms with van der Waals surface area (Å²) in [6.45, 7) is 5.24. The molecule has 0 atom stereocenters. The minimum absolute atomic E-state index is 0.125. The fourth-order valence-electron chi connectivity index (χ4n) is 1.53. The van der Waals surface area contributed by atoms with E-state index in [9.17, 15) is 4.79 Å². The molecule has 0 aliphatic heterocycles. The Morgan fingerprint density at radius 1 is 1.35 bits per heavy atom. The molecule has 4 nitrogen and oxygen atoms in total. The topological polar surface area (TPSA) is 50.4 Å². The van der Waals surface area contributed by atoms with Crippen LogP contribution in [0.3, 0.4) is 0 Å². The first-order chi connectivity index (χ1) is 8.17. The van der Waals surface area contributed by atoms with Gasteiger partial charge in [0.2, 0.25) is 0 Å². The molecule has 0 radical (unpaired) electrons. The van der Waals surface area contributed by atoms with E-state index in [-0.39, 0.29) is 6.03 Å². The Labute approximate surface area is 102 Å². The van der Waals surface area contributed by atoms with Gasteiger partial charge in [0, 0.05) is 13.1 Å². The van der Waals surface area contributed by atoms with Crippen molar-refractivity contribution in [1.29, 1.82) is 0 Å². The van der Waals surface area contributed by atoms with Gasteiger partial charge in [0.05, 0.1) is 7.11 Å². The summed E-state index contributed by atoms with van der Waals surface area (Å²) in [7, 11) is 1.65. The van der Waals surface area contributed by atoms with E-state index in [1.54, 1.807) is 7.11 Å². The molecule has 0 aliphatic rings. The van der Waals surface area contributed by atoms with Crippen LogP contribution in [0.5, 0.6) is 5.75 Å². The maximum Gasteiger partial charge on any atom is 0.315 e. The third-order valence-electron chi connectivity index (χ3n) is 2.45. The van der Waals surface area contributed by atoms with Gasteiger partial charge in [-0.3, -0.25) is 0 Å². The standard InChI is InChI=1S/C13H20N2O2/c1-4-7-14-13(16)15-9-11-5-6-12(17-3)10(2)8-11/h5-6,8H,4,7,9H2,1-3H3,(H2,14,15,16). The maximum atomic E-state index is 11.3. The van der Waals surface area contributed by atoms with Crippen molar-refractivity contribution in [2.75, 3.05) is 13.7 Å². The summed E-state index contributed by atoms with van der Waals surface area (Å²) in [6, 6.07) is 5.75. The first-order valence-corrected chi connectivity index (χ1v) is 5.82. The van der Waals surface area contributed by atoms with Gasteiger partial charge < -0.3 is 15.4 Å². The van der Waals surface area contributed by atoms with Gasteiger partial charge in [0.15, 0.2) is 0 Å². The molecule has 0 fully saturated rings. The zero-order valence-electron chi connectivity index (χ0n) is 10.7. The molecule has 2 amide bonds. The van der Waals surface area contributed by atoms with E-state index in [1.165, 1.54) is 0 Å². The van der Waals surface area contributed by atoms with E-state index < -0.39 is 0 Å². The lowest BCUT2D eigenvalue weighted by Crippen LogP contribution is -2.35. The quantitative estimate of drug-likeness (QED) is 0.823. The molecule has 0 spiro atoms.